The molecule has 8 heteroatoms. The Morgan fingerprint density at radius 3 is 2.46 bits per heavy atom. The highest BCUT2D eigenvalue weighted by atomic mass is 127. The van der Waals surface area contributed by atoms with Gasteiger partial charge in [-0.25, -0.2) is 4.79 Å². The number of guanidine groups is 1. The van der Waals surface area contributed by atoms with Gasteiger partial charge in [0.25, 0.3) is 0 Å². The standard InChI is InChI=1S/C20H32N4O3.HI/c1-20(2,3)27-17-9-7-6-8-15(17)14-22-18(21-4)23-16-10-12-24(13-11-16)19(25)26-5;/h6-9,16H,10-14H2,1-5H3,(H2,21,22,23);1H. The second kappa shape index (κ2) is 11.3. The molecule has 1 saturated heterocycles. The lowest BCUT2D eigenvalue weighted by molar-refractivity contribution is 0.111. The normalized spacial score (nSPS) is 15.5. The number of halogens is 1. The number of amides is 1. The molecule has 0 aromatic heterocycles. The molecule has 158 valence electrons. The minimum absolute atomic E-state index is 0. The lowest BCUT2D eigenvalue weighted by Gasteiger charge is -2.32. The predicted molar refractivity (Wildman–Crippen MR) is 123 cm³/mol. The van der Waals surface area contributed by atoms with Gasteiger partial charge >= 0.3 is 6.09 Å². The smallest absolute Gasteiger partial charge is 0.409 e. The molecule has 1 amide bonds. The van der Waals surface area contributed by atoms with Crippen LogP contribution in [0.4, 0.5) is 4.79 Å². The minimum atomic E-state index is -0.258. The van der Waals surface area contributed by atoms with Crippen molar-refractivity contribution in [3.05, 3.63) is 29.8 Å². The lowest BCUT2D eigenvalue weighted by Crippen LogP contribution is -2.49. The molecule has 1 heterocycles. The second-order valence-corrected chi connectivity index (χ2v) is 7.62. The fourth-order valence-electron chi connectivity index (χ4n) is 2.98. The Morgan fingerprint density at radius 1 is 1.25 bits per heavy atom. The number of likely N-dealkylation sites (tertiary alicyclic amines) is 1. The number of piperidine rings is 1. The van der Waals surface area contributed by atoms with Gasteiger partial charge in [0.1, 0.15) is 11.4 Å². The second-order valence-electron chi connectivity index (χ2n) is 7.62. The molecule has 1 aliphatic heterocycles. The van der Waals surface area contributed by atoms with E-state index in [-0.39, 0.29) is 41.7 Å². The Morgan fingerprint density at radius 2 is 1.89 bits per heavy atom. The number of carbonyl (C=O) groups excluding carboxylic acids is 1. The van der Waals surface area contributed by atoms with Crippen molar-refractivity contribution < 1.29 is 14.3 Å². The van der Waals surface area contributed by atoms with Crippen LogP contribution in [0.5, 0.6) is 5.75 Å². The molecule has 0 radical (unpaired) electrons. The topological polar surface area (TPSA) is 75.2 Å². The average molecular weight is 504 g/mol. The van der Waals surface area contributed by atoms with Crippen LogP contribution in [0.1, 0.15) is 39.2 Å². The number of ether oxygens (including phenoxy) is 2. The Balaban J connectivity index is 0.00000392. The summed E-state index contributed by atoms with van der Waals surface area (Å²) in [4.78, 5) is 17.6. The first kappa shape index (κ1) is 24.3. The molecular weight excluding hydrogens is 471 g/mol. The van der Waals surface area contributed by atoms with Gasteiger partial charge in [0.2, 0.25) is 0 Å². The van der Waals surface area contributed by atoms with Crippen molar-refractivity contribution in [1.82, 2.24) is 15.5 Å². The molecule has 0 aliphatic carbocycles. The number of para-hydroxylation sites is 1. The fraction of sp³-hybridized carbons (Fsp3) is 0.600. The van der Waals surface area contributed by atoms with Gasteiger partial charge in [-0.05, 0) is 39.7 Å². The first-order valence-corrected chi connectivity index (χ1v) is 9.39. The number of nitrogens with zero attached hydrogens (tertiary/aromatic N) is 2. The number of hydrogen-bond acceptors (Lipinski definition) is 4. The maximum absolute atomic E-state index is 11.6. The van der Waals surface area contributed by atoms with E-state index < -0.39 is 0 Å². The van der Waals surface area contributed by atoms with Crippen LogP contribution in [-0.4, -0.2) is 55.8 Å². The molecule has 1 aromatic carbocycles. The number of aliphatic imine (C=N–C) groups is 1. The summed E-state index contributed by atoms with van der Waals surface area (Å²) >= 11 is 0. The van der Waals surface area contributed by atoms with Crippen molar-refractivity contribution in [2.24, 2.45) is 4.99 Å². The van der Waals surface area contributed by atoms with Crippen molar-refractivity contribution in [1.29, 1.82) is 0 Å². The maximum atomic E-state index is 11.6. The Bertz CT molecular complexity index is 653. The molecule has 0 atom stereocenters. The van der Waals surface area contributed by atoms with Crippen LogP contribution >= 0.6 is 24.0 Å². The van der Waals surface area contributed by atoms with E-state index in [1.165, 1.54) is 7.11 Å². The highest BCUT2D eigenvalue weighted by molar-refractivity contribution is 14.0. The van der Waals surface area contributed by atoms with Crippen molar-refractivity contribution in [3.8, 4) is 5.75 Å². The molecule has 0 saturated carbocycles. The molecule has 1 aromatic rings. The molecule has 7 nitrogen and oxygen atoms in total. The van der Waals surface area contributed by atoms with Gasteiger partial charge in [-0.3, -0.25) is 4.99 Å². The number of hydrogen-bond donors (Lipinski definition) is 2. The Labute approximate surface area is 185 Å². The predicted octanol–water partition coefficient (Wildman–Crippen LogP) is 3.38. The molecule has 0 bridgehead atoms. The van der Waals surface area contributed by atoms with Gasteiger partial charge in [-0.1, -0.05) is 18.2 Å². The summed E-state index contributed by atoms with van der Waals surface area (Å²) in [7, 11) is 3.18. The van der Waals surface area contributed by atoms with Crippen LogP contribution in [-0.2, 0) is 11.3 Å². The van der Waals surface area contributed by atoms with E-state index in [9.17, 15) is 4.79 Å². The van der Waals surface area contributed by atoms with Crippen LogP contribution in [0.2, 0.25) is 0 Å². The highest BCUT2D eigenvalue weighted by Crippen LogP contribution is 2.22. The third-order valence-electron chi connectivity index (χ3n) is 4.33. The third-order valence-corrected chi connectivity index (χ3v) is 4.33. The summed E-state index contributed by atoms with van der Waals surface area (Å²) in [6, 6.07) is 8.30. The van der Waals surface area contributed by atoms with E-state index in [4.69, 9.17) is 9.47 Å². The average Bonchev–Trinajstić information content (AvgIpc) is 2.64. The van der Waals surface area contributed by atoms with E-state index in [0.29, 0.717) is 19.6 Å². The fourth-order valence-corrected chi connectivity index (χ4v) is 2.98. The van der Waals surface area contributed by atoms with Gasteiger partial charge < -0.3 is 25.0 Å². The van der Waals surface area contributed by atoms with Crippen LogP contribution < -0.4 is 15.4 Å². The van der Waals surface area contributed by atoms with Gasteiger partial charge in [-0.15, -0.1) is 24.0 Å². The van der Waals surface area contributed by atoms with Crippen molar-refractivity contribution in [2.45, 2.75) is 51.8 Å². The molecule has 2 rings (SSSR count). The number of benzene rings is 1. The van der Waals surface area contributed by atoms with E-state index in [2.05, 4.69) is 21.7 Å². The van der Waals surface area contributed by atoms with Gasteiger partial charge in [0.05, 0.1) is 7.11 Å². The zero-order valence-corrected chi connectivity index (χ0v) is 19.8. The molecular formula is C20H33IN4O3. The number of rotatable bonds is 4. The van der Waals surface area contributed by atoms with E-state index in [1.807, 2.05) is 39.0 Å². The molecule has 0 unspecified atom stereocenters. The van der Waals surface area contributed by atoms with Crippen molar-refractivity contribution in [3.63, 3.8) is 0 Å². The quantitative estimate of drug-likeness (QED) is 0.374. The first-order valence-electron chi connectivity index (χ1n) is 9.39. The van der Waals surface area contributed by atoms with Gasteiger partial charge in [0, 0.05) is 38.3 Å². The van der Waals surface area contributed by atoms with Gasteiger partial charge in [0.15, 0.2) is 5.96 Å². The maximum Gasteiger partial charge on any atom is 0.409 e. The zero-order chi connectivity index (χ0) is 19.9. The largest absolute Gasteiger partial charge is 0.488 e. The van der Waals surface area contributed by atoms with Crippen LogP contribution in [0.3, 0.4) is 0 Å². The van der Waals surface area contributed by atoms with E-state index in [1.54, 1.807) is 11.9 Å². The Hall–Kier alpha value is -1.71. The van der Waals surface area contributed by atoms with Crippen LogP contribution in [0.15, 0.2) is 29.3 Å². The summed E-state index contributed by atoms with van der Waals surface area (Å²) in [5.74, 6) is 1.62. The molecule has 1 fully saturated rings. The minimum Gasteiger partial charge on any atom is -0.488 e. The lowest BCUT2D eigenvalue weighted by atomic mass is 10.1. The highest BCUT2D eigenvalue weighted by Gasteiger charge is 2.23. The third kappa shape index (κ3) is 7.73. The molecule has 1 aliphatic rings. The summed E-state index contributed by atoms with van der Waals surface area (Å²) in [5.41, 5.74) is 0.833. The first-order chi connectivity index (χ1) is 12.8. The van der Waals surface area contributed by atoms with Crippen LogP contribution in [0.25, 0.3) is 0 Å². The van der Waals surface area contributed by atoms with E-state index in [0.717, 1.165) is 30.1 Å². The van der Waals surface area contributed by atoms with Crippen LogP contribution in [0, 0.1) is 0 Å². The van der Waals surface area contributed by atoms with Gasteiger partial charge in [-0.2, -0.15) is 0 Å². The summed E-state index contributed by atoms with van der Waals surface area (Å²) < 4.78 is 10.8. The number of nitrogens with one attached hydrogen (secondary N) is 2. The van der Waals surface area contributed by atoms with E-state index >= 15 is 0 Å². The molecule has 28 heavy (non-hydrogen) atoms. The number of carbonyl (C=O) groups is 1. The number of methoxy groups -OCH3 is 1. The monoisotopic (exact) mass is 504 g/mol. The summed E-state index contributed by atoms with van der Waals surface area (Å²) in [5, 5.41) is 6.80. The molecule has 0 spiro atoms. The SMILES string of the molecule is CN=C(NCc1ccccc1OC(C)(C)C)NC1CCN(C(=O)OC)CC1.I. The van der Waals surface area contributed by atoms with Crippen molar-refractivity contribution >= 4 is 36.0 Å². The Kier molecular flexibility index (Phi) is 9.84. The summed E-state index contributed by atoms with van der Waals surface area (Å²) in [6.45, 7) is 8.11. The summed E-state index contributed by atoms with van der Waals surface area (Å²) in [6.07, 6.45) is 1.46. The van der Waals surface area contributed by atoms with Crippen molar-refractivity contribution in [2.75, 3.05) is 27.2 Å². The molecule has 2 N–H and O–H groups in total. The zero-order valence-electron chi connectivity index (χ0n) is 17.4.